The number of benzene rings is 1. The van der Waals surface area contributed by atoms with Crippen molar-refractivity contribution in [3.05, 3.63) is 71.8 Å². The van der Waals surface area contributed by atoms with Crippen LogP contribution in [0.3, 0.4) is 0 Å². The van der Waals surface area contributed by atoms with Crippen LogP contribution >= 0.6 is 0 Å². The van der Waals surface area contributed by atoms with Crippen LogP contribution in [0, 0.1) is 18.6 Å². The molecular formula is C20H17F2N5O. The molecule has 0 saturated heterocycles. The third-order valence-electron chi connectivity index (χ3n) is 4.64. The lowest BCUT2D eigenvalue weighted by atomic mass is 10.0. The maximum Gasteiger partial charge on any atom is 0.170 e. The molecule has 0 aliphatic heterocycles. The van der Waals surface area contributed by atoms with Crippen LogP contribution in [-0.4, -0.2) is 26.7 Å². The third kappa shape index (κ3) is 3.02. The Hall–Kier alpha value is -3.55. The molecule has 0 atom stereocenters. The second kappa shape index (κ2) is 7.22. The predicted octanol–water partition coefficient (Wildman–Crippen LogP) is 4.00. The van der Waals surface area contributed by atoms with Gasteiger partial charge in [-0.05, 0) is 36.8 Å². The number of fused-ring (bicyclic) bond motifs is 1. The van der Waals surface area contributed by atoms with Gasteiger partial charge in [0.15, 0.2) is 5.65 Å². The Kier molecular flexibility index (Phi) is 4.60. The van der Waals surface area contributed by atoms with Crippen molar-refractivity contribution >= 4 is 11.5 Å². The molecule has 8 heteroatoms. The van der Waals surface area contributed by atoms with E-state index in [-0.39, 0.29) is 18.2 Å². The number of anilines is 1. The van der Waals surface area contributed by atoms with Crippen molar-refractivity contribution in [1.82, 2.24) is 19.6 Å². The molecule has 0 unspecified atom stereocenters. The molecule has 0 fully saturated rings. The number of nitrogens with one attached hydrogen (secondary N) is 1. The number of ether oxygens (including phenoxy) is 1. The monoisotopic (exact) mass is 381 g/mol. The van der Waals surface area contributed by atoms with Crippen LogP contribution in [0.25, 0.3) is 16.8 Å². The SMILES string of the molecule is COc1cccc(F)c1CNc1ccc(-c2cncc(F)c2C)c2nncn12. The minimum absolute atomic E-state index is 0.211. The summed E-state index contributed by atoms with van der Waals surface area (Å²) >= 11 is 0. The van der Waals surface area contributed by atoms with Crippen LogP contribution in [0.4, 0.5) is 14.6 Å². The second-order valence-corrected chi connectivity index (χ2v) is 6.22. The molecule has 1 N–H and O–H groups in total. The highest BCUT2D eigenvalue weighted by Gasteiger charge is 2.15. The van der Waals surface area contributed by atoms with Crippen LogP contribution in [-0.2, 0) is 6.54 Å². The molecule has 0 aliphatic carbocycles. The molecule has 0 saturated carbocycles. The van der Waals surface area contributed by atoms with Crippen LogP contribution in [0.1, 0.15) is 11.1 Å². The van der Waals surface area contributed by atoms with Gasteiger partial charge in [-0.1, -0.05) is 6.07 Å². The van der Waals surface area contributed by atoms with E-state index >= 15 is 0 Å². The molecule has 4 aromatic rings. The summed E-state index contributed by atoms with van der Waals surface area (Å²) in [5.74, 6) is 0.385. The fraction of sp³-hybridized carbons (Fsp3) is 0.150. The lowest BCUT2D eigenvalue weighted by Gasteiger charge is -2.14. The highest BCUT2D eigenvalue weighted by molar-refractivity contribution is 5.80. The molecule has 6 nitrogen and oxygen atoms in total. The van der Waals surface area contributed by atoms with Gasteiger partial charge in [-0.2, -0.15) is 0 Å². The number of hydrogen-bond acceptors (Lipinski definition) is 5. The molecule has 28 heavy (non-hydrogen) atoms. The van der Waals surface area contributed by atoms with Crippen molar-refractivity contribution in [2.24, 2.45) is 0 Å². The van der Waals surface area contributed by atoms with E-state index in [0.717, 1.165) is 0 Å². The van der Waals surface area contributed by atoms with Crippen molar-refractivity contribution in [1.29, 1.82) is 0 Å². The van der Waals surface area contributed by atoms with E-state index in [9.17, 15) is 8.78 Å². The molecule has 0 spiro atoms. The summed E-state index contributed by atoms with van der Waals surface area (Å²) in [6, 6.07) is 8.31. The quantitative estimate of drug-likeness (QED) is 0.566. The van der Waals surface area contributed by atoms with E-state index in [1.54, 1.807) is 36.0 Å². The Morgan fingerprint density at radius 3 is 2.75 bits per heavy atom. The smallest absolute Gasteiger partial charge is 0.170 e. The van der Waals surface area contributed by atoms with Gasteiger partial charge in [0.05, 0.1) is 13.3 Å². The predicted molar refractivity (Wildman–Crippen MR) is 101 cm³/mol. The largest absolute Gasteiger partial charge is 0.496 e. The van der Waals surface area contributed by atoms with Crippen molar-refractivity contribution in [2.75, 3.05) is 12.4 Å². The van der Waals surface area contributed by atoms with Gasteiger partial charge < -0.3 is 10.1 Å². The van der Waals surface area contributed by atoms with Crippen molar-refractivity contribution in [2.45, 2.75) is 13.5 Å². The molecule has 3 aromatic heterocycles. The van der Waals surface area contributed by atoms with Crippen LogP contribution in [0.5, 0.6) is 5.75 Å². The lowest BCUT2D eigenvalue weighted by Crippen LogP contribution is -2.07. The molecule has 0 amide bonds. The maximum absolute atomic E-state index is 14.2. The fourth-order valence-corrected chi connectivity index (χ4v) is 3.12. The standard InChI is InChI=1S/C20H17F2N5O/c1-12-14(8-23-10-17(12)22)13-6-7-19(27-11-25-26-20(13)27)24-9-15-16(21)4-3-5-18(15)28-2/h3-8,10-11,24H,9H2,1-2H3. The lowest BCUT2D eigenvalue weighted by molar-refractivity contribution is 0.405. The van der Waals surface area contributed by atoms with Gasteiger partial charge in [-0.3, -0.25) is 9.38 Å². The van der Waals surface area contributed by atoms with E-state index < -0.39 is 0 Å². The zero-order chi connectivity index (χ0) is 19.7. The van der Waals surface area contributed by atoms with Gasteiger partial charge in [0.25, 0.3) is 0 Å². The molecular weight excluding hydrogens is 364 g/mol. The molecule has 142 valence electrons. The van der Waals surface area contributed by atoms with E-state index in [1.807, 2.05) is 12.1 Å². The molecule has 0 bridgehead atoms. The number of nitrogens with zero attached hydrogens (tertiary/aromatic N) is 4. The summed E-state index contributed by atoms with van der Waals surface area (Å²) in [7, 11) is 1.50. The minimum atomic E-state index is -0.385. The second-order valence-electron chi connectivity index (χ2n) is 6.22. The average molecular weight is 381 g/mol. The minimum Gasteiger partial charge on any atom is -0.496 e. The van der Waals surface area contributed by atoms with Gasteiger partial charge in [-0.15, -0.1) is 10.2 Å². The van der Waals surface area contributed by atoms with Crippen LogP contribution in [0.2, 0.25) is 0 Å². The van der Waals surface area contributed by atoms with Crippen LogP contribution in [0.15, 0.2) is 49.1 Å². The number of aromatic nitrogens is 4. The van der Waals surface area contributed by atoms with Gasteiger partial charge >= 0.3 is 0 Å². The highest BCUT2D eigenvalue weighted by atomic mass is 19.1. The van der Waals surface area contributed by atoms with Crippen molar-refractivity contribution < 1.29 is 13.5 Å². The molecule has 1 aromatic carbocycles. The summed E-state index contributed by atoms with van der Waals surface area (Å²) in [6.45, 7) is 1.90. The molecule has 4 rings (SSSR count). The first kappa shape index (κ1) is 17.8. The number of rotatable bonds is 5. The summed E-state index contributed by atoms with van der Waals surface area (Å²) < 4.78 is 35.1. The summed E-state index contributed by atoms with van der Waals surface area (Å²) in [5, 5.41) is 11.3. The molecule has 3 heterocycles. The number of pyridine rings is 2. The number of halogens is 2. The van der Waals surface area contributed by atoms with Gasteiger partial charge in [-0.25, -0.2) is 8.78 Å². The highest BCUT2D eigenvalue weighted by Crippen LogP contribution is 2.29. The van der Waals surface area contributed by atoms with E-state index in [1.165, 1.54) is 19.4 Å². The zero-order valence-electron chi connectivity index (χ0n) is 15.3. The van der Waals surface area contributed by atoms with E-state index in [2.05, 4.69) is 20.5 Å². The Morgan fingerprint density at radius 2 is 1.93 bits per heavy atom. The fourth-order valence-electron chi connectivity index (χ4n) is 3.12. The van der Waals surface area contributed by atoms with Gasteiger partial charge in [0.1, 0.15) is 29.5 Å². The van der Waals surface area contributed by atoms with E-state index in [4.69, 9.17) is 4.74 Å². The first-order chi connectivity index (χ1) is 13.6. The van der Waals surface area contributed by atoms with Crippen molar-refractivity contribution in [3.63, 3.8) is 0 Å². The summed E-state index contributed by atoms with van der Waals surface area (Å²) in [6.07, 6.45) is 4.32. The first-order valence-corrected chi connectivity index (χ1v) is 8.58. The van der Waals surface area contributed by atoms with Gasteiger partial charge in [0, 0.05) is 29.4 Å². The Bertz CT molecular complexity index is 1160. The number of methoxy groups -OCH3 is 1. The zero-order valence-corrected chi connectivity index (χ0v) is 15.3. The Labute approximate surface area is 159 Å². The Balaban J connectivity index is 1.72. The van der Waals surface area contributed by atoms with E-state index in [0.29, 0.717) is 39.5 Å². The molecule has 0 radical (unpaired) electrons. The van der Waals surface area contributed by atoms with Gasteiger partial charge in [0.2, 0.25) is 0 Å². The van der Waals surface area contributed by atoms with Crippen molar-refractivity contribution in [3.8, 4) is 16.9 Å². The molecule has 0 aliphatic rings. The maximum atomic E-state index is 14.2. The first-order valence-electron chi connectivity index (χ1n) is 8.58. The topological polar surface area (TPSA) is 64.3 Å². The Morgan fingerprint density at radius 1 is 1.07 bits per heavy atom. The summed E-state index contributed by atoms with van der Waals surface area (Å²) in [4.78, 5) is 3.94. The number of hydrogen-bond donors (Lipinski definition) is 1. The average Bonchev–Trinajstić information content (AvgIpc) is 3.19. The normalized spacial score (nSPS) is 11.0. The third-order valence-corrected chi connectivity index (χ3v) is 4.64. The van der Waals surface area contributed by atoms with Crippen LogP contribution < -0.4 is 10.1 Å². The summed E-state index contributed by atoms with van der Waals surface area (Å²) in [5.41, 5.74) is 2.79.